The van der Waals surface area contributed by atoms with Crippen molar-refractivity contribution in [1.82, 2.24) is 0 Å². The number of carbonyl (C=O) groups excluding carboxylic acids is 1. The number of ether oxygens (including phenoxy) is 1. The summed E-state index contributed by atoms with van der Waals surface area (Å²) in [5.74, 6) is 1.24. The van der Waals surface area contributed by atoms with E-state index in [1.54, 1.807) is 35.6 Å². The van der Waals surface area contributed by atoms with E-state index in [4.69, 9.17) is 4.74 Å². The Kier molecular flexibility index (Phi) is 5.40. The minimum absolute atomic E-state index is 0.190. The van der Waals surface area contributed by atoms with Gasteiger partial charge in [-0.15, -0.1) is 11.3 Å². The molecule has 0 radical (unpaired) electrons. The van der Waals surface area contributed by atoms with Crippen molar-refractivity contribution in [1.29, 1.82) is 5.26 Å². The number of nitrogens with one attached hydrogen (secondary N) is 1. The average Bonchev–Trinajstić information content (AvgIpc) is 2.98. The van der Waals surface area contributed by atoms with Gasteiger partial charge in [0.05, 0.1) is 12.2 Å². The summed E-state index contributed by atoms with van der Waals surface area (Å²) in [5.41, 5.74) is 2.35. The van der Waals surface area contributed by atoms with Gasteiger partial charge in [0.15, 0.2) is 0 Å². The highest BCUT2D eigenvalue weighted by Gasteiger charge is 2.25. The van der Waals surface area contributed by atoms with Gasteiger partial charge in [-0.05, 0) is 61.9 Å². The first-order valence-electron chi connectivity index (χ1n) is 8.75. The summed E-state index contributed by atoms with van der Waals surface area (Å²) in [6.07, 6.45) is 4.24. The number of nitriles is 1. The second-order valence-corrected chi connectivity index (χ2v) is 7.35. The van der Waals surface area contributed by atoms with Crippen molar-refractivity contribution in [2.45, 2.75) is 39.5 Å². The molecule has 130 valence electrons. The number of fused-ring (bicyclic) bond motifs is 1. The minimum atomic E-state index is -0.190. The number of anilines is 1. The summed E-state index contributed by atoms with van der Waals surface area (Å²) < 4.78 is 5.40. The second kappa shape index (κ2) is 7.71. The third kappa shape index (κ3) is 3.69. The van der Waals surface area contributed by atoms with Crippen molar-refractivity contribution in [3.8, 4) is 11.8 Å². The average molecular weight is 354 g/mol. The number of hydrogen-bond donors (Lipinski definition) is 1. The fraction of sp³-hybridized carbons (Fsp3) is 0.400. The van der Waals surface area contributed by atoms with E-state index in [0.29, 0.717) is 28.7 Å². The molecule has 0 fully saturated rings. The van der Waals surface area contributed by atoms with E-state index in [0.717, 1.165) is 37.0 Å². The number of benzene rings is 1. The molecule has 25 heavy (non-hydrogen) atoms. The van der Waals surface area contributed by atoms with Crippen LogP contribution in [0.5, 0.6) is 5.75 Å². The standard InChI is InChI=1S/C20H22N2O2S/c1-3-13-5-10-16-17(12-21)20(25-18(16)11-13)22-19(23)14-6-8-15(9-7-14)24-4-2/h6-9,13H,3-5,10-11H2,1-2H3,(H,22,23). The van der Waals surface area contributed by atoms with Crippen LogP contribution in [0.4, 0.5) is 5.00 Å². The van der Waals surface area contributed by atoms with Crippen LogP contribution >= 0.6 is 11.3 Å². The Labute approximate surface area is 152 Å². The quantitative estimate of drug-likeness (QED) is 0.840. The normalized spacial score (nSPS) is 16.0. The molecule has 1 aliphatic carbocycles. The number of amides is 1. The van der Waals surface area contributed by atoms with Crippen LogP contribution in [0.25, 0.3) is 0 Å². The van der Waals surface area contributed by atoms with Crippen LogP contribution in [0.2, 0.25) is 0 Å². The molecule has 0 spiro atoms. The van der Waals surface area contributed by atoms with E-state index in [-0.39, 0.29) is 5.91 Å². The van der Waals surface area contributed by atoms with E-state index in [1.807, 2.05) is 6.92 Å². The summed E-state index contributed by atoms with van der Waals surface area (Å²) in [6.45, 7) is 4.73. The van der Waals surface area contributed by atoms with Gasteiger partial charge in [0.2, 0.25) is 0 Å². The lowest BCUT2D eigenvalue weighted by atomic mass is 9.86. The van der Waals surface area contributed by atoms with E-state index in [1.165, 1.54) is 4.88 Å². The molecule has 1 unspecified atom stereocenters. The van der Waals surface area contributed by atoms with Crippen LogP contribution in [0.15, 0.2) is 24.3 Å². The molecule has 1 aromatic carbocycles. The molecule has 4 nitrogen and oxygen atoms in total. The smallest absolute Gasteiger partial charge is 0.256 e. The fourth-order valence-electron chi connectivity index (χ4n) is 3.25. The summed E-state index contributed by atoms with van der Waals surface area (Å²) in [4.78, 5) is 13.8. The van der Waals surface area contributed by atoms with Gasteiger partial charge in [0.1, 0.15) is 16.8 Å². The summed E-state index contributed by atoms with van der Waals surface area (Å²) in [6, 6.07) is 9.35. The van der Waals surface area contributed by atoms with Gasteiger partial charge in [-0.25, -0.2) is 0 Å². The fourth-order valence-corrected chi connectivity index (χ4v) is 4.56. The van der Waals surface area contributed by atoms with Crippen molar-refractivity contribution < 1.29 is 9.53 Å². The van der Waals surface area contributed by atoms with Gasteiger partial charge in [0, 0.05) is 10.4 Å². The Morgan fingerprint density at radius 2 is 2.12 bits per heavy atom. The Bertz CT molecular complexity index is 802. The molecule has 1 amide bonds. The highest BCUT2D eigenvalue weighted by molar-refractivity contribution is 7.16. The SMILES string of the molecule is CCOc1ccc(C(=O)Nc2sc3c(c2C#N)CCC(CC)C3)cc1. The molecule has 0 aliphatic heterocycles. The minimum Gasteiger partial charge on any atom is -0.494 e. The van der Waals surface area contributed by atoms with Crippen LogP contribution in [0, 0.1) is 17.2 Å². The molecule has 0 bridgehead atoms. The molecular formula is C20H22N2O2S. The molecule has 5 heteroatoms. The Morgan fingerprint density at radius 1 is 1.36 bits per heavy atom. The third-order valence-electron chi connectivity index (χ3n) is 4.71. The van der Waals surface area contributed by atoms with E-state index in [9.17, 15) is 10.1 Å². The Balaban J connectivity index is 1.79. The second-order valence-electron chi connectivity index (χ2n) is 6.25. The van der Waals surface area contributed by atoms with Crippen molar-refractivity contribution in [2.75, 3.05) is 11.9 Å². The maximum absolute atomic E-state index is 12.5. The van der Waals surface area contributed by atoms with Crippen LogP contribution in [-0.2, 0) is 12.8 Å². The zero-order chi connectivity index (χ0) is 17.8. The van der Waals surface area contributed by atoms with Crippen molar-refractivity contribution >= 4 is 22.2 Å². The summed E-state index contributed by atoms with van der Waals surface area (Å²) >= 11 is 1.56. The first-order chi connectivity index (χ1) is 12.2. The highest BCUT2D eigenvalue weighted by Crippen LogP contribution is 2.40. The molecule has 3 rings (SSSR count). The van der Waals surface area contributed by atoms with Crippen molar-refractivity contribution in [3.05, 3.63) is 45.8 Å². The number of nitrogens with zero attached hydrogens (tertiary/aromatic N) is 1. The monoisotopic (exact) mass is 354 g/mol. The molecule has 0 saturated carbocycles. The van der Waals surface area contributed by atoms with Gasteiger partial charge < -0.3 is 10.1 Å². The molecule has 0 saturated heterocycles. The number of rotatable bonds is 5. The zero-order valence-corrected chi connectivity index (χ0v) is 15.4. The highest BCUT2D eigenvalue weighted by atomic mass is 32.1. The van der Waals surface area contributed by atoms with Gasteiger partial charge in [0.25, 0.3) is 5.91 Å². The molecular weight excluding hydrogens is 332 g/mol. The lowest BCUT2D eigenvalue weighted by molar-refractivity contribution is 0.102. The first kappa shape index (κ1) is 17.5. The number of thiophene rings is 1. The number of carbonyl (C=O) groups is 1. The number of hydrogen-bond acceptors (Lipinski definition) is 4. The van der Waals surface area contributed by atoms with E-state index < -0.39 is 0 Å². The lowest BCUT2D eigenvalue weighted by Gasteiger charge is -2.20. The van der Waals surface area contributed by atoms with Crippen molar-refractivity contribution in [2.24, 2.45) is 5.92 Å². The molecule has 1 atom stereocenters. The molecule has 1 aliphatic rings. The first-order valence-corrected chi connectivity index (χ1v) is 9.56. The predicted octanol–water partition coefficient (Wildman–Crippen LogP) is 4.79. The van der Waals surface area contributed by atoms with Gasteiger partial charge in [-0.1, -0.05) is 13.3 Å². The molecule has 2 aromatic rings. The van der Waals surface area contributed by atoms with Crippen LogP contribution < -0.4 is 10.1 Å². The Hall–Kier alpha value is -2.32. The van der Waals surface area contributed by atoms with Crippen LogP contribution in [0.1, 0.15) is 53.1 Å². The van der Waals surface area contributed by atoms with Gasteiger partial charge in [-0.3, -0.25) is 4.79 Å². The largest absolute Gasteiger partial charge is 0.494 e. The van der Waals surface area contributed by atoms with E-state index in [2.05, 4.69) is 18.3 Å². The summed E-state index contributed by atoms with van der Waals surface area (Å²) in [7, 11) is 0. The molecule has 1 heterocycles. The van der Waals surface area contributed by atoms with Gasteiger partial charge >= 0.3 is 0 Å². The summed E-state index contributed by atoms with van der Waals surface area (Å²) in [5, 5.41) is 13.2. The molecule has 1 aromatic heterocycles. The van der Waals surface area contributed by atoms with Gasteiger partial charge in [-0.2, -0.15) is 5.26 Å². The Morgan fingerprint density at radius 3 is 2.76 bits per heavy atom. The lowest BCUT2D eigenvalue weighted by Crippen LogP contribution is -2.12. The van der Waals surface area contributed by atoms with Crippen LogP contribution in [-0.4, -0.2) is 12.5 Å². The van der Waals surface area contributed by atoms with Crippen LogP contribution in [0.3, 0.4) is 0 Å². The topological polar surface area (TPSA) is 62.1 Å². The maximum Gasteiger partial charge on any atom is 0.256 e. The zero-order valence-electron chi connectivity index (χ0n) is 14.6. The maximum atomic E-state index is 12.5. The predicted molar refractivity (Wildman–Crippen MR) is 100 cm³/mol. The van der Waals surface area contributed by atoms with Crippen molar-refractivity contribution in [3.63, 3.8) is 0 Å². The third-order valence-corrected chi connectivity index (χ3v) is 5.88. The van der Waals surface area contributed by atoms with E-state index >= 15 is 0 Å². The molecule has 1 N–H and O–H groups in total.